The first-order valence-electron chi connectivity index (χ1n) is 6.21. The third-order valence-electron chi connectivity index (χ3n) is 3.25. The van der Waals surface area contributed by atoms with Crippen LogP contribution in [0.4, 0.5) is 0 Å². The highest BCUT2D eigenvalue weighted by atomic mass is 16.4. The van der Waals surface area contributed by atoms with Crippen molar-refractivity contribution in [2.24, 2.45) is 0 Å². The number of hydrogen-bond donors (Lipinski definition) is 1. The van der Waals surface area contributed by atoms with Gasteiger partial charge in [0, 0.05) is 6.20 Å². The van der Waals surface area contributed by atoms with Crippen LogP contribution in [-0.2, 0) is 6.54 Å². The summed E-state index contributed by atoms with van der Waals surface area (Å²) in [6.07, 6.45) is 1.46. The summed E-state index contributed by atoms with van der Waals surface area (Å²) in [6, 6.07) is 9.29. The molecule has 0 fully saturated rings. The molecule has 0 saturated heterocycles. The van der Waals surface area contributed by atoms with Crippen LogP contribution < -0.4 is 0 Å². The molecule has 0 saturated carbocycles. The smallest absolute Gasteiger partial charge is 0.335 e. The number of carboxylic acids is 1. The Labute approximate surface area is 119 Å². The molecule has 1 aliphatic heterocycles. The molecule has 1 N–H and O–H groups in total. The van der Waals surface area contributed by atoms with E-state index in [2.05, 4.69) is 4.98 Å². The van der Waals surface area contributed by atoms with Crippen molar-refractivity contribution in [2.45, 2.75) is 6.54 Å². The molecule has 2 heterocycles. The number of nitrogens with zero attached hydrogens (tertiary/aromatic N) is 2. The van der Waals surface area contributed by atoms with Crippen LogP contribution in [0, 0.1) is 0 Å². The summed E-state index contributed by atoms with van der Waals surface area (Å²) in [5.41, 5.74) is 1.10. The van der Waals surface area contributed by atoms with Gasteiger partial charge in [-0.3, -0.25) is 19.5 Å². The Balaban J connectivity index is 1.90. The molecular weight excluding hydrogens is 272 g/mol. The molecule has 0 radical (unpaired) electrons. The van der Waals surface area contributed by atoms with Gasteiger partial charge in [-0.1, -0.05) is 12.1 Å². The van der Waals surface area contributed by atoms with Crippen molar-refractivity contribution < 1.29 is 19.5 Å². The average molecular weight is 282 g/mol. The number of carboxylic acid groups (broad SMARTS) is 1. The van der Waals surface area contributed by atoms with Gasteiger partial charge in [0.25, 0.3) is 11.8 Å². The quantitative estimate of drug-likeness (QED) is 0.863. The van der Waals surface area contributed by atoms with Crippen molar-refractivity contribution in [3.63, 3.8) is 0 Å². The summed E-state index contributed by atoms with van der Waals surface area (Å²) in [6.45, 7) is 0.0230. The van der Waals surface area contributed by atoms with Gasteiger partial charge in [-0.05, 0) is 29.8 Å². The van der Waals surface area contributed by atoms with E-state index < -0.39 is 17.8 Å². The summed E-state index contributed by atoms with van der Waals surface area (Å²) >= 11 is 0. The van der Waals surface area contributed by atoms with Crippen LogP contribution in [0.3, 0.4) is 0 Å². The molecule has 2 amide bonds. The summed E-state index contributed by atoms with van der Waals surface area (Å²) < 4.78 is 0. The van der Waals surface area contributed by atoms with Crippen molar-refractivity contribution in [3.8, 4) is 0 Å². The van der Waals surface area contributed by atoms with Crippen LogP contribution >= 0.6 is 0 Å². The fraction of sp³-hybridized carbons (Fsp3) is 0.0667. The number of aromatic carboxylic acids is 1. The maximum absolute atomic E-state index is 12.2. The van der Waals surface area contributed by atoms with Crippen molar-refractivity contribution in [3.05, 3.63) is 65.0 Å². The molecule has 0 bridgehead atoms. The Morgan fingerprint density at radius 3 is 2.67 bits per heavy atom. The molecule has 0 spiro atoms. The van der Waals surface area contributed by atoms with E-state index in [0.717, 1.165) is 4.90 Å². The highest BCUT2D eigenvalue weighted by Gasteiger charge is 2.36. The Kier molecular flexibility index (Phi) is 2.98. The zero-order valence-corrected chi connectivity index (χ0v) is 10.8. The Morgan fingerprint density at radius 2 is 1.95 bits per heavy atom. The van der Waals surface area contributed by atoms with Gasteiger partial charge in [0.1, 0.15) is 5.69 Å². The lowest BCUT2D eigenvalue weighted by atomic mass is 10.1. The van der Waals surface area contributed by atoms with Gasteiger partial charge in [-0.15, -0.1) is 0 Å². The highest BCUT2D eigenvalue weighted by molar-refractivity contribution is 6.20. The second-order valence-corrected chi connectivity index (χ2v) is 4.60. The summed E-state index contributed by atoms with van der Waals surface area (Å²) in [7, 11) is 0. The van der Waals surface area contributed by atoms with Gasteiger partial charge >= 0.3 is 5.97 Å². The minimum absolute atomic E-state index is 0.0230. The standard InChI is InChI=1S/C15H10N2O4/c18-13-11-5-2-6-16-12(11)14(19)17(13)8-9-3-1-4-10(7-9)15(20)21/h1-7H,8H2,(H,20,21). The number of amides is 2. The van der Waals surface area contributed by atoms with Crippen molar-refractivity contribution >= 4 is 17.8 Å². The van der Waals surface area contributed by atoms with E-state index in [1.807, 2.05) is 0 Å². The van der Waals surface area contributed by atoms with Gasteiger partial charge < -0.3 is 5.11 Å². The minimum atomic E-state index is -1.05. The average Bonchev–Trinajstić information content (AvgIpc) is 2.73. The SMILES string of the molecule is O=C(O)c1cccc(CN2C(=O)c3cccnc3C2=O)c1. The monoisotopic (exact) mass is 282 g/mol. The van der Waals surface area contributed by atoms with E-state index in [0.29, 0.717) is 5.56 Å². The molecular formula is C15H10N2O4. The number of imide groups is 1. The van der Waals surface area contributed by atoms with E-state index in [1.165, 1.54) is 18.3 Å². The number of rotatable bonds is 3. The van der Waals surface area contributed by atoms with E-state index in [9.17, 15) is 14.4 Å². The number of carbonyl (C=O) groups is 3. The topological polar surface area (TPSA) is 87.6 Å². The first-order valence-corrected chi connectivity index (χ1v) is 6.21. The maximum Gasteiger partial charge on any atom is 0.335 e. The van der Waals surface area contributed by atoms with Crippen LogP contribution in [0.2, 0.25) is 0 Å². The van der Waals surface area contributed by atoms with Crippen LogP contribution in [0.25, 0.3) is 0 Å². The van der Waals surface area contributed by atoms with E-state index in [1.54, 1.807) is 24.3 Å². The molecule has 1 aromatic carbocycles. The number of carbonyl (C=O) groups excluding carboxylic acids is 2. The minimum Gasteiger partial charge on any atom is -0.478 e. The first-order chi connectivity index (χ1) is 10.1. The summed E-state index contributed by atoms with van der Waals surface area (Å²) in [5.74, 6) is -1.93. The number of benzene rings is 1. The predicted molar refractivity (Wildman–Crippen MR) is 71.8 cm³/mol. The second-order valence-electron chi connectivity index (χ2n) is 4.60. The van der Waals surface area contributed by atoms with Crippen LogP contribution in [0.5, 0.6) is 0 Å². The van der Waals surface area contributed by atoms with Crippen LogP contribution in [0.15, 0.2) is 42.6 Å². The molecule has 6 heteroatoms. The van der Waals surface area contributed by atoms with E-state index in [4.69, 9.17) is 5.11 Å². The van der Waals surface area contributed by atoms with Crippen LogP contribution in [0.1, 0.15) is 36.8 Å². The number of pyridine rings is 1. The Bertz CT molecular complexity index is 735. The highest BCUT2D eigenvalue weighted by Crippen LogP contribution is 2.22. The van der Waals surface area contributed by atoms with E-state index >= 15 is 0 Å². The number of fused-ring (bicyclic) bond motifs is 1. The third-order valence-corrected chi connectivity index (χ3v) is 3.25. The molecule has 6 nitrogen and oxygen atoms in total. The molecule has 1 aliphatic rings. The third kappa shape index (κ3) is 2.16. The van der Waals surface area contributed by atoms with Gasteiger partial charge in [0.2, 0.25) is 0 Å². The molecule has 0 aliphatic carbocycles. The summed E-state index contributed by atoms with van der Waals surface area (Å²) in [5, 5.41) is 8.96. The zero-order chi connectivity index (χ0) is 15.0. The fourth-order valence-corrected chi connectivity index (χ4v) is 2.24. The zero-order valence-electron chi connectivity index (χ0n) is 10.8. The summed E-state index contributed by atoms with van der Waals surface area (Å²) in [4.78, 5) is 40.3. The van der Waals surface area contributed by atoms with Crippen LogP contribution in [-0.4, -0.2) is 32.8 Å². The van der Waals surface area contributed by atoms with Crippen molar-refractivity contribution in [1.29, 1.82) is 0 Å². The van der Waals surface area contributed by atoms with Gasteiger partial charge in [-0.25, -0.2) is 4.79 Å². The lowest BCUT2D eigenvalue weighted by Crippen LogP contribution is -2.29. The first kappa shape index (κ1) is 13.0. The molecule has 1 aromatic heterocycles. The molecule has 0 atom stereocenters. The molecule has 104 valence electrons. The Hall–Kier alpha value is -3.02. The normalized spacial score (nSPS) is 13.4. The van der Waals surface area contributed by atoms with Crippen molar-refractivity contribution in [2.75, 3.05) is 0 Å². The molecule has 3 rings (SSSR count). The fourth-order valence-electron chi connectivity index (χ4n) is 2.24. The predicted octanol–water partition coefficient (Wildman–Crippen LogP) is 1.58. The second kappa shape index (κ2) is 4.82. The van der Waals surface area contributed by atoms with Gasteiger partial charge in [0.15, 0.2) is 0 Å². The van der Waals surface area contributed by atoms with Crippen molar-refractivity contribution in [1.82, 2.24) is 9.88 Å². The largest absolute Gasteiger partial charge is 0.478 e. The van der Waals surface area contributed by atoms with E-state index in [-0.39, 0.29) is 23.4 Å². The number of aromatic nitrogens is 1. The molecule has 0 unspecified atom stereocenters. The van der Waals surface area contributed by atoms with Gasteiger partial charge in [-0.2, -0.15) is 0 Å². The lowest BCUT2D eigenvalue weighted by molar-refractivity contribution is 0.0639. The maximum atomic E-state index is 12.2. The number of hydrogen-bond acceptors (Lipinski definition) is 4. The molecule has 21 heavy (non-hydrogen) atoms. The lowest BCUT2D eigenvalue weighted by Gasteiger charge is -2.13. The van der Waals surface area contributed by atoms with Gasteiger partial charge in [0.05, 0.1) is 17.7 Å². The Morgan fingerprint density at radius 1 is 1.14 bits per heavy atom. The molecule has 2 aromatic rings.